The van der Waals surface area contributed by atoms with Crippen LogP contribution in [0.3, 0.4) is 0 Å². The second-order valence-corrected chi connectivity index (χ2v) is 7.95. The van der Waals surface area contributed by atoms with Crippen LogP contribution in [0.1, 0.15) is 18.9 Å². The average Bonchev–Trinajstić information content (AvgIpc) is 2.54. The quantitative estimate of drug-likeness (QED) is 0.705. The first-order valence-electron chi connectivity index (χ1n) is 7.54. The van der Waals surface area contributed by atoms with Crippen molar-refractivity contribution in [2.75, 3.05) is 10.5 Å². The summed E-state index contributed by atoms with van der Waals surface area (Å²) in [6, 6.07) is 13.8. The number of nitrogens with two attached hydrogens (primary N) is 1. The normalized spacial score (nSPS) is 11.2. The minimum absolute atomic E-state index is 0.0878. The van der Waals surface area contributed by atoms with Gasteiger partial charge in [0, 0.05) is 4.90 Å². The maximum atomic E-state index is 12.5. The number of thioether (sulfide) groups is 1. The Morgan fingerprint density at radius 2 is 1.79 bits per heavy atom. The van der Waals surface area contributed by atoms with Crippen molar-refractivity contribution in [1.82, 2.24) is 0 Å². The number of nitrogens with one attached hydrogen (secondary N) is 1. The first-order valence-corrected chi connectivity index (χ1v) is 10.0. The number of benzene rings is 2. The van der Waals surface area contributed by atoms with Gasteiger partial charge in [-0.1, -0.05) is 37.6 Å². The van der Waals surface area contributed by atoms with E-state index >= 15 is 0 Å². The maximum Gasteiger partial charge on any atom is 0.261 e. The van der Waals surface area contributed by atoms with Crippen molar-refractivity contribution in [1.29, 1.82) is 0 Å². The highest BCUT2D eigenvalue weighted by Gasteiger charge is 2.16. The van der Waals surface area contributed by atoms with Crippen LogP contribution in [0.25, 0.3) is 0 Å². The number of carbonyl (C=O) groups is 1. The Hall–Kier alpha value is -1.99. The molecule has 0 aromatic heterocycles. The fraction of sp³-hybridized carbons (Fsp3) is 0.235. The molecule has 0 saturated carbocycles. The second kappa shape index (κ2) is 8.21. The zero-order valence-electron chi connectivity index (χ0n) is 13.4. The van der Waals surface area contributed by atoms with Gasteiger partial charge in [0.2, 0.25) is 5.91 Å². The Bertz CT molecular complexity index is 803. The number of para-hydroxylation sites is 1. The topological polar surface area (TPSA) is 89.3 Å². The highest BCUT2D eigenvalue weighted by molar-refractivity contribution is 8.00. The van der Waals surface area contributed by atoms with Crippen molar-refractivity contribution in [2.24, 2.45) is 5.73 Å². The molecule has 0 bridgehead atoms. The van der Waals surface area contributed by atoms with Crippen molar-refractivity contribution in [2.45, 2.75) is 29.6 Å². The Morgan fingerprint density at radius 1 is 1.12 bits per heavy atom. The molecule has 128 valence electrons. The molecular weight excluding hydrogens is 344 g/mol. The molecule has 3 N–H and O–H groups in total. The molecule has 24 heavy (non-hydrogen) atoms. The number of rotatable bonds is 8. The number of amides is 1. The van der Waals surface area contributed by atoms with Gasteiger partial charge in [-0.3, -0.25) is 9.52 Å². The molecule has 0 heterocycles. The average molecular weight is 364 g/mol. The van der Waals surface area contributed by atoms with Crippen molar-refractivity contribution in [3.63, 3.8) is 0 Å². The molecule has 2 aromatic rings. The molecule has 7 heteroatoms. The van der Waals surface area contributed by atoms with Crippen LogP contribution in [0.15, 0.2) is 58.3 Å². The van der Waals surface area contributed by atoms with Gasteiger partial charge in [-0.25, -0.2) is 8.42 Å². The van der Waals surface area contributed by atoms with E-state index in [2.05, 4.69) is 11.6 Å². The maximum absolute atomic E-state index is 12.5. The molecule has 0 aliphatic carbocycles. The van der Waals surface area contributed by atoms with Gasteiger partial charge in [0.25, 0.3) is 10.0 Å². The van der Waals surface area contributed by atoms with E-state index in [0.29, 0.717) is 10.6 Å². The number of carbonyl (C=O) groups excluding carboxylic acids is 1. The first-order chi connectivity index (χ1) is 11.4. The summed E-state index contributed by atoms with van der Waals surface area (Å²) in [6.07, 6.45) is 1.93. The van der Waals surface area contributed by atoms with Crippen molar-refractivity contribution >= 4 is 33.4 Å². The van der Waals surface area contributed by atoms with Crippen molar-refractivity contribution in [3.05, 3.63) is 54.1 Å². The first kappa shape index (κ1) is 18.4. The molecule has 2 rings (SSSR count). The number of hydrogen-bond acceptors (Lipinski definition) is 4. The molecule has 2 aromatic carbocycles. The molecule has 0 fully saturated rings. The molecule has 0 radical (unpaired) electrons. The molecule has 1 amide bonds. The number of hydrogen-bond donors (Lipinski definition) is 2. The molecule has 0 atom stereocenters. The Morgan fingerprint density at radius 3 is 2.42 bits per heavy atom. The Balaban J connectivity index is 2.21. The summed E-state index contributed by atoms with van der Waals surface area (Å²) < 4.78 is 27.7. The molecular formula is C17H20N2O3S2. The minimum Gasteiger partial charge on any atom is -0.369 e. The van der Waals surface area contributed by atoms with Gasteiger partial charge in [-0.05, 0) is 36.2 Å². The minimum atomic E-state index is -3.69. The van der Waals surface area contributed by atoms with Crippen LogP contribution in [0.2, 0.25) is 0 Å². The number of anilines is 1. The van der Waals surface area contributed by atoms with E-state index in [1.54, 1.807) is 36.4 Å². The monoisotopic (exact) mass is 364 g/mol. The highest BCUT2D eigenvalue weighted by Crippen LogP contribution is 2.28. The summed E-state index contributed by atoms with van der Waals surface area (Å²) in [7, 11) is -3.69. The van der Waals surface area contributed by atoms with Gasteiger partial charge < -0.3 is 5.73 Å². The number of aryl methyl sites for hydroxylation is 1. The fourth-order valence-corrected chi connectivity index (χ4v) is 4.04. The summed E-state index contributed by atoms with van der Waals surface area (Å²) >= 11 is 1.20. The van der Waals surface area contributed by atoms with E-state index in [1.807, 2.05) is 12.1 Å². The van der Waals surface area contributed by atoms with Gasteiger partial charge in [0.15, 0.2) is 0 Å². The van der Waals surface area contributed by atoms with Crippen LogP contribution < -0.4 is 10.5 Å². The lowest BCUT2D eigenvalue weighted by molar-refractivity contribution is -0.115. The van der Waals surface area contributed by atoms with E-state index in [9.17, 15) is 13.2 Å². The molecule has 5 nitrogen and oxygen atoms in total. The van der Waals surface area contributed by atoms with Crippen LogP contribution in [-0.2, 0) is 21.2 Å². The fourth-order valence-electron chi connectivity index (χ4n) is 2.15. The van der Waals surface area contributed by atoms with Gasteiger partial charge >= 0.3 is 0 Å². The second-order valence-electron chi connectivity index (χ2n) is 5.25. The highest BCUT2D eigenvalue weighted by atomic mass is 32.2. The third-order valence-electron chi connectivity index (χ3n) is 3.27. The van der Waals surface area contributed by atoms with Gasteiger partial charge in [0.05, 0.1) is 16.3 Å². The molecule has 0 aliphatic heterocycles. The predicted molar refractivity (Wildman–Crippen MR) is 97.6 cm³/mol. The van der Waals surface area contributed by atoms with Crippen LogP contribution in [0.5, 0.6) is 0 Å². The summed E-state index contributed by atoms with van der Waals surface area (Å²) in [4.78, 5) is 11.8. The van der Waals surface area contributed by atoms with Gasteiger partial charge in [0.1, 0.15) is 0 Å². The standard InChI is InChI=1S/C17H20N2O3S2/c1-2-5-13-8-10-14(11-9-13)24(21,22)19-15-6-3-4-7-16(15)23-12-17(18)20/h3-4,6-11,19H,2,5,12H2,1H3,(H2,18,20). The van der Waals surface area contributed by atoms with E-state index in [4.69, 9.17) is 5.73 Å². The number of primary amides is 1. The third kappa shape index (κ3) is 5.01. The predicted octanol–water partition coefficient (Wildman–Crippen LogP) is 3.02. The SMILES string of the molecule is CCCc1ccc(S(=O)(=O)Nc2ccccc2SCC(N)=O)cc1. The largest absolute Gasteiger partial charge is 0.369 e. The zero-order chi connectivity index (χ0) is 17.6. The van der Waals surface area contributed by atoms with E-state index in [-0.39, 0.29) is 10.6 Å². The summed E-state index contributed by atoms with van der Waals surface area (Å²) in [5.74, 6) is -0.367. The lowest BCUT2D eigenvalue weighted by Crippen LogP contribution is -2.15. The van der Waals surface area contributed by atoms with Gasteiger partial charge in [-0.2, -0.15) is 0 Å². The van der Waals surface area contributed by atoms with Crippen LogP contribution >= 0.6 is 11.8 Å². The van der Waals surface area contributed by atoms with Crippen molar-refractivity contribution < 1.29 is 13.2 Å². The summed E-state index contributed by atoms with van der Waals surface area (Å²) in [6.45, 7) is 2.08. The number of sulfonamides is 1. The van der Waals surface area contributed by atoms with Gasteiger partial charge in [-0.15, -0.1) is 11.8 Å². The third-order valence-corrected chi connectivity index (χ3v) is 5.75. The molecule has 0 unspecified atom stereocenters. The summed E-state index contributed by atoms with van der Waals surface area (Å²) in [5.41, 5.74) is 6.69. The molecule has 0 aliphatic rings. The summed E-state index contributed by atoms with van der Waals surface area (Å²) in [5, 5.41) is 0. The Kier molecular flexibility index (Phi) is 6.28. The van der Waals surface area contributed by atoms with E-state index in [0.717, 1.165) is 18.4 Å². The molecule has 0 spiro atoms. The lowest BCUT2D eigenvalue weighted by Gasteiger charge is -2.12. The van der Waals surface area contributed by atoms with Crippen LogP contribution in [0.4, 0.5) is 5.69 Å². The molecule has 0 saturated heterocycles. The van der Waals surface area contributed by atoms with E-state index < -0.39 is 15.9 Å². The van der Waals surface area contributed by atoms with Crippen molar-refractivity contribution in [3.8, 4) is 0 Å². The van der Waals surface area contributed by atoms with Crippen LogP contribution in [-0.4, -0.2) is 20.1 Å². The smallest absolute Gasteiger partial charge is 0.261 e. The lowest BCUT2D eigenvalue weighted by atomic mass is 10.1. The van der Waals surface area contributed by atoms with E-state index in [1.165, 1.54) is 11.8 Å². The van der Waals surface area contributed by atoms with Crippen LogP contribution in [0, 0.1) is 0 Å². The zero-order valence-corrected chi connectivity index (χ0v) is 15.0. The Labute approximate surface area is 146 Å².